The number of hydrogen-bond donors (Lipinski definition) is 1. The van der Waals surface area contributed by atoms with Crippen molar-refractivity contribution >= 4 is 10.8 Å². The first-order valence-electron chi connectivity index (χ1n) is 8.97. The molecule has 0 saturated heterocycles. The highest BCUT2D eigenvalue weighted by molar-refractivity contribution is 5.86. The summed E-state index contributed by atoms with van der Waals surface area (Å²) in [5.74, 6) is 0.631. The molecule has 0 amide bonds. The van der Waals surface area contributed by atoms with Gasteiger partial charge in [-0.2, -0.15) is 0 Å². The van der Waals surface area contributed by atoms with Crippen LogP contribution in [0.1, 0.15) is 43.6 Å². The van der Waals surface area contributed by atoms with Crippen molar-refractivity contribution in [2.24, 2.45) is 5.92 Å². The van der Waals surface area contributed by atoms with Crippen molar-refractivity contribution < 1.29 is 5.11 Å². The van der Waals surface area contributed by atoms with Crippen LogP contribution in [0, 0.1) is 5.92 Å². The molecule has 2 aromatic rings. The Morgan fingerprint density at radius 3 is 2.43 bits per heavy atom. The maximum absolute atomic E-state index is 11.2. The molecule has 0 unspecified atom stereocenters. The van der Waals surface area contributed by atoms with Gasteiger partial charge in [0.1, 0.15) is 0 Å². The first kappa shape index (κ1) is 16.5. The van der Waals surface area contributed by atoms with E-state index in [0.717, 1.165) is 6.54 Å². The minimum atomic E-state index is -0.247. The summed E-state index contributed by atoms with van der Waals surface area (Å²) < 4.78 is 0. The number of likely N-dealkylation sites (N-methyl/N-ethyl adjacent to an activating group) is 1. The highest BCUT2D eigenvalue weighted by atomic mass is 16.3. The van der Waals surface area contributed by atoms with E-state index in [1.54, 1.807) is 0 Å². The van der Waals surface area contributed by atoms with Gasteiger partial charge in [-0.05, 0) is 49.2 Å². The molecule has 0 aliphatic heterocycles. The van der Waals surface area contributed by atoms with E-state index in [-0.39, 0.29) is 12.0 Å². The zero-order chi connectivity index (χ0) is 16.2. The van der Waals surface area contributed by atoms with Crippen LogP contribution in [0.15, 0.2) is 42.5 Å². The third kappa shape index (κ3) is 3.76. The summed E-state index contributed by atoms with van der Waals surface area (Å²) in [6.07, 6.45) is 5.97. The molecule has 0 aromatic heterocycles. The highest BCUT2D eigenvalue weighted by Crippen LogP contribution is 2.36. The molecule has 1 saturated carbocycles. The number of aliphatic hydroxyl groups excluding tert-OH is 1. The van der Waals surface area contributed by atoms with Gasteiger partial charge in [-0.15, -0.1) is 0 Å². The summed E-state index contributed by atoms with van der Waals surface area (Å²) in [5.41, 5.74) is 1.30. The summed E-state index contributed by atoms with van der Waals surface area (Å²) in [7, 11) is 4.21. The van der Waals surface area contributed by atoms with Crippen LogP contribution in [0.5, 0.6) is 0 Å². The van der Waals surface area contributed by atoms with E-state index < -0.39 is 0 Å². The molecule has 0 bridgehead atoms. The summed E-state index contributed by atoms with van der Waals surface area (Å²) in [6, 6.07) is 15.1. The Kier molecular flexibility index (Phi) is 5.34. The Morgan fingerprint density at radius 2 is 1.70 bits per heavy atom. The van der Waals surface area contributed by atoms with Crippen molar-refractivity contribution in [2.45, 2.75) is 44.1 Å². The predicted molar refractivity (Wildman–Crippen MR) is 97.8 cm³/mol. The molecule has 0 spiro atoms. The maximum atomic E-state index is 11.2. The lowest BCUT2D eigenvalue weighted by molar-refractivity contribution is 0.0524. The van der Waals surface area contributed by atoms with Gasteiger partial charge in [0.15, 0.2) is 0 Å². The number of hydrogen-bond acceptors (Lipinski definition) is 2. The maximum Gasteiger partial charge on any atom is 0.0649 e. The zero-order valence-electron chi connectivity index (χ0n) is 14.4. The molecule has 124 valence electrons. The van der Waals surface area contributed by atoms with E-state index in [1.807, 2.05) is 0 Å². The molecule has 2 atom stereocenters. The summed E-state index contributed by atoms with van der Waals surface area (Å²) in [5, 5.41) is 13.7. The Balaban J connectivity index is 1.97. The van der Waals surface area contributed by atoms with E-state index in [0.29, 0.717) is 5.92 Å². The average Bonchev–Trinajstić information content (AvgIpc) is 2.59. The normalized spacial score (nSPS) is 19.1. The molecule has 1 aliphatic carbocycles. The minimum absolute atomic E-state index is 0.180. The number of aliphatic hydroxyl groups is 1. The highest BCUT2D eigenvalue weighted by Gasteiger charge is 2.31. The van der Waals surface area contributed by atoms with Gasteiger partial charge in [0.05, 0.1) is 6.10 Å². The summed E-state index contributed by atoms with van der Waals surface area (Å²) in [6.45, 7) is 0.895. The Morgan fingerprint density at radius 1 is 1.00 bits per heavy atom. The Bertz CT molecular complexity index is 625. The molecular weight excluding hydrogens is 282 g/mol. The van der Waals surface area contributed by atoms with Crippen LogP contribution in [0.2, 0.25) is 0 Å². The Labute approximate surface area is 140 Å². The van der Waals surface area contributed by atoms with Crippen LogP contribution >= 0.6 is 0 Å². The molecule has 0 radical (unpaired) electrons. The second-order valence-electron chi connectivity index (χ2n) is 7.33. The fraction of sp³-hybridized carbons (Fsp3) is 0.524. The van der Waals surface area contributed by atoms with Crippen molar-refractivity contribution in [1.29, 1.82) is 0 Å². The fourth-order valence-corrected chi connectivity index (χ4v) is 4.16. The second kappa shape index (κ2) is 7.46. The molecule has 23 heavy (non-hydrogen) atoms. The Hall–Kier alpha value is -1.38. The van der Waals surface area contributed by atoms with Gasteiger partial charge < -0.3 is 10.0 Å². The van der Waals surface area contributed by atoms with Crippen LogP contribution in [0.4, 0.5) is 0 Å². The standard InChI is InChI=1S/C21H29NO/c1-22(2)15-20(21(23)17-10-4-3-5-11-17)19-14-8-12-16-9-6-7-13-18(16)19/h6-9,12-14,17,20-21,23H,3-5,10-11,15H2,1-2H3/t20-,21-/m0/s1. The number of benzene rings is 2. The van der Waals surface area contributed by atoms with E-state index in [4.69, 9.17) is 0 Å². The van der Waals surface area contributed by atoms with Crippen LogP contribution in [0.3, 0.4) is 0 Å². The first-order valence-corrected chi connectivity index (χ1v) is 8.97. The molecular formula is C21H29NO. The van der Waals surface area contributed by atoms with Gasteiger partial charge in [-0.3, -0.25) is 0 Å². The smallest absolute Gasteiger partial charge is 0.0649 e. The number of rotatable bonds is 5. The average molecular weight is 311 g/mol. The fourth-order valence-electron chi connectivity index (χ4n) is 4.16. The van der Waals surface area contributed by atoms with Gasteiger partial charge >= 0.3 is 0 Å². The lowest BCUT2D eigenvalue weighted by atomic mass is 9.77. The molecule has 0 heterocycles. The molecule has 2 aromatic carbocycles. The van der Waals surface area contributed by atoms with Crippen molar-refractivity contribution in [3.63, 3.8) is 0 Å². The van der Waals surface area contributed by atoms with Gasteiger partial charge in [0.25, 0.3) is 0 Å². The SMILES string of the molecule is CN(C)C[C@@H](c1cccc2ccccc12)[C@@H](O)C1CCCCC1. The van der Waals surface area contributed by atoms with E-state index >= 15 is 0 Å². The third-order valence-electron chi connectivity index (χ3n) is 5.33. The second-order valence-corrected chi connectivity index (χ2v) is 7.33. The van der Waals surface area contributed by atoms with Gasteiger partial charge in [0.2, 0.25) is 0 Å². The van der Waals surface area contributed by atoms with Gasteiger partial charge in [0, 0.05) is 12.5 Å². The molecule has 2 heteroatoms. The topological polar surface area (TPSA) is 23.5 Å². The summed E-state index contributed by atoms with van der Waals surface area (Å²) >= 11 is 0. The monoisotopic (exact) mass is 311 g/mol. The minimum Gasteiger partial charge on any atom is -0.392 e. The van der Waals surface area contributed by atoms with Crippen molar-refractivity contribution in [2.75, 3.05) is 20.6 Å². The van der Waals surface area contributed by atoms with Crippen LogP contribution in [0.25, 0.3) is 10.8 Å². The van der Waals surface area contributed by atoms with Crippen LogP contribution in [-0.2, 0) is 0 Å². The van der Waals surface area contributed by atoms with Gasteiger partial charge in [-0.25, -0.2) is 0 Å². The quantitative estimate of drug-likeness (QED) is 0.883. The number of fused-ring (bicyclic) bond motifs is 1. The molecule has 2 nitrogen and oxygen atoms in total. The summed E-state index contributed by atoms with van der Waals surface area (Å²) in [4.78, 5) is 2.21. The van der Waals surface area contributed by atoms with E-state index in [1.165, 1.54) is 48.4 Å². The molecule has 1 fully saturated rings. The van der Waals surface area contributed by atoms with Crippen molar-refractivity contribution in [1.82, 2.24) is 4.90 Å². The molecule has 1 N–H and O–H groups in total. The van der Waals surface area contributed by atoms with Crippen LogP contribution in [-0.4, -0.2) is 36.8 Å². The van der Waals surface area contributed by atoms with Crippen molar-refractivity contribution in [3.05, 3.63) is 48.0 Å². The largest absolute Gasteiger partial charge is 0.392 e. The van der Waals surface area contributed by atoms with E-state index in [9.17, 15) is 5.11 Å². The lowest BCUT2D eigenvalue weighted by Crippen LogP contribution is -2.35. The third-order valence-corrected chi connectivity index (χ3v) is 5.33. The number of nitrogens with zero attached hydrogens (tertiary/aromatic N) is 1. The molecule has 3 rings (SSSR count). The van der Waals surface area contributed by atoms with E-state index in [2.05, 4.69) is 61.5 Å². The van der Waals surface area contributed by atoms with Crippen molar-refractivity contribution in [3.8, 4) is 0 Å². The molecule has 1 aliphatic rings. The lowest BCUT2D eigenvalue weighted by Gasteiger charge is -2.34. The first-order chi connectivity index (χ1) is 11.2. The van der Waals surface area contributed by atoms with Gasteiger partial charge in [-0.1, -0.05) is 61.7 Å². The van der Waals surface area contributed by atoms with Crippen LogP contribution < -0.4 is 0 Å². The zero-order valence-corrected chi connectivity index (χ0v) is 14.4. The predicted octanol–water partition coefficient (Wildman–Crippen LogP) is 4.43.